The van der Waals surface area contributed by atoms with Crippen LogP contribution in [0.3, 0.4) is 0 Å². The van der Waals surface area contributed by atoms with Gasteiger partial charge in [-0.2, -0.15) is 0 Å². The van der Waals surface area contributed by atoms with E-state index in [0.29, 0.717) is 29.8 Å². The van der Waals surface area contributed by atoms with Crippen LogP contribution in [0, 0.1) is 12.8 Å². The van der Waals surface area contributed by atoms with Gasteiger partial charge >= 0.3 is 0 Å². The second-order valence-corrected chi connectivity index (χ2v) is 5.14. The zero-order valence-electron chi connectivity index (χ0n) is 12.0. The molecule has 1 amide bonds. The first-order valence-electron chi connectivity index (χ1n) is 6.69. The van der Waals surface area contributed by atoms with Crippen LogP contribution in [0.25, 0.3) is 11.5 Å². The van der Waals surface area contributed by atoms with E-state index in [1.807, 2.05) is 19.1 Å². The molecule has 0 saturated heterocycles. The zero-order valence-corrected chi connectivity index (χ0v) is 12.0. The number of amides is 1. The number of carbonyl (C=O) groups excluding carboxylic acids is 1. The summed E-state index contributed by atoms with van der Waals surface area (Å²) < 4.78 is 5.60. The molecule has 0 bridgehead atoms. The third-order valence-electron chi connectivity index (χ3n) is 2.84. The molecule has 1 N–H and O–H groups in total. The quantitative estimate of drug-likeness (QED) is 0.908. The Bertz CT molecular complexity index is 576. The number of rotatable bonds is 5. The molecule has 106 valence electrons. The lowest BCUT2D eigenvalue weighted by atomic mass is 10.2. The number of carbonyl (C=O) groups is 1. The van der Waals surface area contributed by atoms with Crippen LogP contribution in [0.5, 0.6) is 0 Å². The molecule has 2 aromatic heterocycles. The van der Waals surface area contributed by atoms with Crippen molar-refractivity contribution in [1.82, 2.24) is 15.3 Å². The standard InChI is InChI=1S/C15H19N3O2/c1-10(2)8-17-14(19)7-13-11(3)20-15(18-13)12-5-4-6-16-9-12/h4-6,9-10H,7-8H2,1-3H3,(H,17,19). The molecular formula is C15H19N3O2. The number of aryl methyl sites for hydroxylation is 1. The molecule has 2 heterocycles. The highest BCUT2D eigenvalue weighted by Crippen LogP contribution is 2.20. The smallest absolute Gasteiger partial charge is 0.228 e. The third kappa shape index (κ3) is 3.66. The van der Waals surface area contributed by atoms with Gasteiger partial charge < -0.3 is 9.73 Å². The molecule has 20 heavy (non-hydrogen) atoms. The molecular weight excluding hydrogens is 254 g/mol. The monoisotopic (exact) mass is 273 g/mol. The highest BCUT2D eigenvalue weighted by Gasteiger charge is 2.14. The molecule has 0 spiro atoms. The Morgan fingerprint density at radius 3 is 2.90 bits per heavy atom. The number of hydrogen-bond donors (Lipinski definition) is 1. The second-order valence-electron chi connectivity index (χ2n) is 5.14. The van der Waals surface area contributed by atoms with Crippen molar-refractivity contribution in [1.29, 1.82) is 0 Å². The third-order valence-corrected chi connectivity index (χ3v) is 2.84. The van der Waals surface area contributed by atoms with E-state index in [2.05, 4.69) is 29.1 Å². The van der Waals surface area contributed by atoms with E-state index in [0.717, 1.165) is 5.56 Å². The minimum atomic E-state index is -0.0344. The largest absolute Gasteiger partial charge is 0.441 e. The Morgan fingerprint density at radius 2 is 2.25 bits per heavy atom. The topological polar surface area (TPSA) is 68.0 Å². The van der Waals surface area contributed by atoms with Crippen LogP contribution in [-0.2, 0) is 11.2 Å². The summed E-state index contributed by atoms with van der Waals surface area (Å²) in [4.78, 5) is 20.2. The summed E-state index contributed by atoms with van der Waals surface area (Å²) in [7, 11) is 0. The van der Waals surface area contributed by atoms with Gasteiger partial charge in [-0.1, -0.05) is 13.8 Å². The fourth-order valence-corrected chi connectivity index (χ4v) is 1.74. The summed E-state index contributed by atoms with van der Waals surface area (Å²) in [6.07, 6.45) is 3.62. The molecule has 0 aromatic carbocycles. The van der Waals surface area contributed by atoms with Gasteiger partial charge in [-0.15, -0.1) is 0 Å². The van der Waals surface area contributed by atoms with Crippen molar-refractivity contribution in [3.05, 3.63) is 36.0 Å². The summed E-state index contributed by atoms with van der Waals surface area (Å²) in [5.74, 6) is 1.57. The van der Waals surface area contributed by atoms with Crippen molar-refractivity contribution in [2.24, 2.45) is 5.92 Å². The van der Waals surface area contributed by atoms with Gasteiger partial charge in [0, 0.05) is 18.9 Å². The van der Waals surface area contributed by atoms with Crippen LogP contribution in [0.2, 0.25) is 0 Å². The number of nitrogens with zero attached hydrogens (tertiary/aromatic N) is 2. The SMILES string of the molecule is Cc1oc(-c2cccnc2)nc1CC(=O)NCC(C)C. The van der Waals surface area contributed by atoms with Crippen molar-refractivity contribution >= 4 is 5.91 Å². The summed E-state index contributed by atoms with van der Waals surface area (Å²) in [6, 6.07) is 3.70. The summed E-state index contributed by atoms with van der Waals surface area (Å²) in [5.41, 5.74) is 1.48. The van der Waals surface area contributed by atoms with Crippen molar-refractivity contribution < 1.29 is 9.21 Å². The van der Waals surface area contributed by atoms with Crippen molar-refractivity contribution in [2.45, 2.75) is 27.2 Å². The highest BCUT2D eigenvalue weighted by atomic mass is 16.4. The first-order valence-corrected chi connectivity index (χ1v) is 6.69. The average Bonchev–Trinajstić information content (AvgIpc) is 2.79. The Balaban J connectivity index is 2.07. The Hall–Kier alpha value is -2.17. The molecule has 5 heteroatoms. The number of nitrogens with one attached hydrogen (secondary N) is 1. The normalized spacial score (nSPS) is 10.8. The van der Waals surface area contributed by atoms with Gasteiger partial charge in [0.2, 0.25) is 11.8 Å². The maximum atomic E-state index is 11.8. The molecule has 0 unspecified atom stereocenters. The lowest BCUT2D eigenvalue weighted by Crippen LogP contribution is -2.28. The Morgan fingerprint density at radius 1 is 1.45 bits per heavy atom. The minimum Gasteiger partial charge on any atom is -0.441 e. The molecule has 0 atom stereocenters. The maximum Gasteiger partial charge on any atom is 0.228 e. The molecule has 5 nitrogen and oxygen atoms in total. The molecule has 0 aliphatic carbocycles. The average molecular weight is 273 g/mol. The van der Waals surface area contributed by atoms with E-state index in [1.165, 1.54) is 0 Å². The predicted molar refractivity (Wildman–Crippen MR) is 76.0 cm³/mol. The van der Waals surface area contributed by atoms with Crippen molar-refractivity contribution in [3.8, 4) is 11.5 Å². The lowest BCUT2D eigenvalue weighted by Gasteiger charge is -2.06. The Labute approximate surface area is 118 Å². The second kappa shape index (κ2) is 6.32. The Kier molecular flexibility index (Phi) is 4.50. The molecule has 0 fully saturated rings. The fourth-order valence-electron chi connectivity index (χ4n) is 1.74. The van der Waals surface area contributed by atoms with E-state index in [-0.39, 0.29) is 12.3 Å². The van der Waals surface area contributed by atoms with Crippen LogP contribution in [0.15, 0.2) is 28.9 Å². The van der Waals surface area contributed by atoms with Gasteiger partial charge in [-0.25, -0.2) is 4.98 Å². The summed E-state index contributed by atoms with van der Waals surface area (Å²) in [6.45, 7) is 6.60. The fraction of sp³-hybridized carbons (Fsp3) is 0.400. The van der Waals surface area contributed by atoms with E-state index in [1.54, 1.807) is 12.4 Å². The molecule has 0 saturated carbocycles. The van der Waals surface area contributed by atoms with Crippen molar-refractivity contribution in [3.63, 3.8) is 0 Å². The van der Waals surface area contributed by atoms with E-state index < -0.39 is 0 Å². The van der Waals surface area contributed by atoms with Crippen LogP contribution in [0.1, 0.15) is 25.3 Å². The maximum absolute atomic E-state index is 11.8. The van der Waals surface area contributed by atoms with Gasteiger partial charge in [-0.05, 0) is 25.0 Å². The summed E-state index contributed by atoms with van der Waals surface area (Å²) in [5, 5.41) is 2.87. The minimum absolute atomic E-state index is 0.0344. The first kappa shape index (κ1) is 14.2. The van der Waals surface area contributed by atoms with Gasteiger partial charge in [-0.3, -0.25) is 9.78 Å². The van der Waals surface area contributed by atoms with E-state index in [9.17, 15) is 4.79 Å². The predicted octanol–water partition coefficient (Wildman–Crippen LogP) is 2.36. The number of hydrogen-bond acceptors (Lipinski definition) is 4. The first-order chi connectivity index (χ1) is 9.56. The summed E-state index contributed by atoms with van der Waals surface area (Å²) >= 11 is 0. The zero-order chi connectivity index (χ0) is 14.5. The van der Waals surface area contributed by atoms with Crippen molar-refractivity contribution in [2.75, 3.05) is 6.54 Å². The van der Waals surface area contributed by atoms with Crippen LogP contribution in [0.4, 0.5) is 0 Å². The van der Waals surface area contributed by atoms with E-state index >= 15 is 0 Å². The molecule has 2 rings (SSSR count). The van der Waals surface area contributed by atoms with Gasteiger partial charge in [0.15, 0.2) is 0 Å². The molecule has 0 radical (unpaired) electrons. The van der Waals surface area contributed by atoms with Crippen LogP contribution >= 0.6 is 0 Å². The molecule has 2 aromatic rings. The van der Waals surface area contributed by atoms with Gasteiger partial charge in [0.05, 0.1) is 17.7 Å². The van der Waals surface area contributed by atoms with Crippen LogP contribution < -0.4 is 5.32 Å². The highest BCUT2D eigenvalue weighted by molar-refractivity contribution is 5.78. The van der Waals surface area contributed by atoms with Crippen LogP contribution in [-0.4, -0.2) is 22.4 Å². The van der Waals surface area contributed by atoms with Gasteiger partial charge in [0.25, 0.3) is 0 Å². The number of aromatic nitrogens is 2. The lowest BCUT2D eigenvalue weighted by molar-refractivity contribution is -0.120. The molecule has 0 aliphatic rings. The molecule has 0 aliphatic heterocycles. The van der Waals surface area contributed by atoms with E-state index in [4.69, 9.17) is 4.42 Å². The van der Waals surface area contributed by atoms with Gasteiger partial charge in [0.1, 0.15) is 5.76 Å². The number of oxazole rings is 1. The number of pyridine rings is 1.